The third-order valence-corrected chi connectivity index (χ3v) is 15.2. The summed E-state index contributed by atoms with van der Waals surface area (Å²) in [6, 6.07) is 0. The molecule has 0 aliphatic heterocycles. The number of rotatable bonds is 47. The molecule has 45 nitrogen and oxygen atoms in total. The van der Waals surface area contributed by atoms with Gasteiger partial charge in [-0.3, -0.25) is 28.8 Å². The molecule has 0 aromatic carbocycles. The highest BCUT2D eigenvalue weighted by molar-refractivity contribution is 5.80. The maximum absolute atomic E-state index is 12.2. The summed E-state index contributed by atoms with van der Waals surface area (Å²) < 4.78 is 96.4. The smallest absolute Gasteiger partial charge is 0.463 e. The Morgan fingerprint density at radius 1 is 0.279 bits per heavy atom. The molecule has 0 N–H and O–H groups in total. The first-order valence-electron chi connectivity index (χ1n) is 44.7. The first kappa shape index (κ1) is 147. The van der Waals surface area contributed by atoms with Gasteiger partial charge in [-0.1, -0.05) is 69.2 Å². The number of hydrogen-bond acceptors (Lipinski definition) is 41. The van der Waals surface area contributed by atoms with Gasteiger partial charge in [-0.25, -0.2) is 19.2 Å². The molecule has 0 aromatic heterocycles. The number of hydrogen-bond donors (Lipinski definition) is 0. The van der Waals surface area contributed by atoms with Gasteiger partial charge in [-0.15, -0.1) is 40.5 Å². The third kappa shape index (κ3) is 95.1. The van der Waals surface area contributed by atoms with Crippen LogP contribution in [-0.4, -0.2) is 273 Å². The fourth-order valence-corrected chi connectivity index (χ4v) is 7.27. The summed E-state index contributed by atoms with van der Waals surface area (Å²) in [5.41, 5.74) is -6.39. The van der Waals surface area contributed by atoms with Gasteiger partial charge >= 0.3 is 60.1 Å². The first-order chi connectivity index (χ1) is 61.4. The summed E-state index contributed by atoms with van der Waals surface area (Å²) in [5, 5.41) is 36.1. The van der Waals surface area contributed by atoms with Crippen LogP contribution in [0.2, 0.25) is 0 Å². The lowest BCUT2D eigenvalue weighted by Gasteiger charge is -2.29. The molecule has 0 radical (unpaired) electrons. The summed E-state index contributed by atoms with van der Waals surface area (Å²) in [6.07, 6.45) is -0.204. The van der Waals surface area contributed by atoms with E-state index in [0.717, 1.165) is 12.8 Å². The molecule has 0 aliphatic rings. The molecule has 7 atom stereocenters. The molecular weight excluding hydrogens is 1800 g/mol. The molecule has 0 saturated heterocycles. The molecule has 0 amide bonds. The zero-order valence-electron chi connectivity index (χ0n) is 89.1. The second kappa shape index (κ2) is 77.7. The zero-order chi connectivity index (χ0) is 108. The summed E-state index contributed by atoms with van der Waals surface area (Å²) in [7, 11) is 6.29. The molecule has 808 valence electrons. The minimum Gasteiger partial charge on any atom is -0.463 e. The Bertz CT molecular complexity index is 3240. The molecule has 0 aromatic rings. The van der Waals surface area contributed by atoms with Crippen molar-refractivity contribution in [2.45, 2.75) is 374 Å². The summed E-state index contributed by atoms with van der Waals surface area (Å²) >= 11 is 0. The first-order valence-corrected chi connectivity index (χ1v) is 44.7. The van der Waals surface area contributed by atoms with Crippen molar-refractivity contribution in [3.63, 3.8) is 0 Å². The number of carbonyl (C=O) groups excluding carboxylic acids is 10. The standard InChI is InChI=1S/C19H36O7.C15H27NO10.2C10H20O3.2C9H17NO5.C8H16O3.C7H13NO5.C3H8.CH4/c1-10-14(13-23-16(21)26-18(5,6)7)25-19(8,9)15(20)22-11-12-24-17(2,3)4;1-6-12(26-15(3,4)13(17)22-8-7-21-5)10-23-14(18)25-11(2)9-24-16(19)20;1-6-8(12-5)7-13-9(11)10(2,3)4;1-6-8(7-12-5)13-9(11)10(2,3)4;1-5-7(6-14-10(12)13)15-8(11)9(2,3)4;1-5-7(15-10(12)13)6-14-8(11)9(2,3)4;1-8(2,3)7(9)11-6-5-10-4;1-7(2,3)6(9)12-4-5-13-8(10)11;1-3-2;/h14H,10-13H2,1-9H3;11-12H,6-10H2,1-5H3;2*8H,6-7H2,1-5H3;2*7H,5-6H2,1-4H3;5-6H2,1-4H3;4-5H2,1-3H3;3H2,1-2H3;1H4. The fraction of sp³-hybridized carbons (Fsp3) is 0.890. The fourth-order valence-electron chi connectivity index (χ4n) is 7.27. The van der Waals surface area contributed by atoms with Crippen molar-refractivity contribution in [2.24, 2.45) is 32.5 Å². The largest absolute Gasteiger partial charge is 0.508 e. The van der Waals surface area contributed by atoms with Gasteiger partial charge in [0.2, 0.25) is 0 Å². The molecule has 0 rings (SSSR count). The van der Waals surface area contributed by atoms with E-state index in [0.29, 0.717) is 58.7 Å². The second-order valence-electron chi connectivity index (χ2n) is 38.5. The molecule has 45 heteroatoms. The Morgan fingerprint density at radius 2 is 0.566 bits per heavy atom. The van der Waals surface area contributed by atoms with E-state index >= 15 is 0 Å². The Morgan fingerprint density at radius 3 is 0.853 bits per heavy atom. The van der Waals surface area contributed by atoms with Crippen LogP contribution in [0.1, 0.15) is 309 Å². The van der Waals surface area contributed by atoms with E-state index in [1.165, 1.54) is 20.5 Å². The van der Waals surface area contributed by atoms with Crippen molar-refractivity contribution in [1.82, 2.24) is 0 Å². The quantitative estimate of drug-likeness (QED) is 0.0179. The molecular formula is C91H178N4O41. The van der Waals surface area contributed by atoms with Crippen LogP contribution < -0.4 is 0 Å². The van der Waals surface area contributed by atoms with Gasteiger partial charge in [0, 0.05) is 28.4 Å². The van der Waals surface area contributed by atoms with Crippen LogP contribution in [0.5, 0.6) is 0 Å². The predicted octanol–water partition coefficient (Wildman–Crippen LogP) is 16.6. The lowest BCUT2D eigenvalue weighted by atomic mass is 9.97. The van der Waals surface area contributed by atoms with E-state index in [4.69, 9.17) is 85.3 Å². The topological polar surface area (TPSA) is 556 Å². The molecule has 0 bridgehead atoms. The molecule has 0 saturated carbocycles. The summed E-state index contributed by atoms with van der Waals surface area (Å²) in [6.45, 7) is 67.3. The van der Waals surface area contributed by atoms with E-state index in [1.807, 2.05) is 104 Å². The van der Waals surface area contributed by atoms with Crippen LogP contribution in [0.4, 0.5) is 9.59 Å². The molecule has 0 heterocycles. The second-order valence-corrected chi connectivity index (χ2v) is 38.5. The zero-order valence-corrected chi connectivity index (χ0v) is 89.1. The van der Waals surface area contributed by atoms with Crippen LogP contribution in [0, 0.1) is 72.9 Å². The monoisotopic (exact) mass is 1980 g/mol. The van der Waals surface area contributed by atoms with Crippen molar-refractivity contribution >= 4 is 60.1 Å². The Kier molecular flexibility index (Phi) is 84.1. The predicted molar refractivity (Wildman–Crippen MR) is 502 cm³/mol. The van der Waals surface area contributed by atoms with Crippen molar-refractivity contribution < 1.29 is 178 Å². The molecule has 0 spiro atoms. The lowest BCUT2D eigenvalue weighted by molar-refractivity contribution is -0.769. The highest BCUT2D eigenvalue weighted by atomic mass is 17.0. The van der Waals surface area contributed by atoms with E-state index in [9.17, 15) is 88.4 Å². The third-order valence-electron chi connectivity index (χ3n) is 15.2. The maximum atomic E-state index is 12.2. The SMILES string of the molecule is C.CC(C)(C)C(=O)OCCO[N+](=O)[O-].CCC.CCC(COC(=O)C(C)(C)C)OC.CCC(COC(=O)C(C)(C)C)O[N+](=O)[O-].CCC(COC(=O)OC(C)(C)C)OC(C)(C)C(=O)OCCOC(C)(C)C.CCC(COC(=O)OC(C)CO[N+](=O)[O-])OC(C)(C)C(=O)OCCOC.CCC(COC)OC(=O)C(C)(C)C.CCC(CO[N+](=O)[O-])OC(=O)C(C)(C)C.COCCOC(=O)C(C)(C)C. The number of ether oxygens (including phenoxy) is 19. The van der Waals surface area contributed by atoms with E-state index in [2.05, 4.69) is 37.9 Å². The highest BCUT2D eigenvalue weighted by Gasteiger charge is 2.37. The highest BCUT2D eigenvalue weighted by Crippen LogP contribution is 2.24. The van der Waals surface area contributed by atoms with Crippen LogP contribution in [0.15, 0.2) is 0 Å². The van der Waals surface area contributed by atoms with Crippen LogP contribution in [0.25, 0.3) is 0 Å². The van der Waals surface area contributed by atoms with E-state index < -0.39 is 143 Å². The Labute approximate surface area is 808 Å². The Balaban J connectivity index is -0.000000169. The van der Waals surface area contributed by atoms with Gasteiger partial charge in [0.15, 0.2) is 11.2 Å². The van der Waals surface area contributed by atoms with E-state index in [1.54, 1.807) is 153 Å². The van der Waals surface area contributed by atoms with Gasteiger partial charge in [0.1, 0.15) is 103 Å². The molecule has 0 fully saturated rings. The number of nitrogens with zero attached hydrogens (tertiary/aromatic N) is 4. The minimum absolute atomic E-state index is 0. The van der Waals surface area contributed by atoms with Crippen LogP contribution in [-0.2, 0) is 148 Å². The number of methoxy groups -OCH3 is 4. The van der Waals surface area contributed by atoms with Gasteiger partial charge < -0.3 is 109 Å². The number of carbonyl (C=O) groups is 10. The maximum Gasteiger partial charge on any atom is 0.508 e. The van der Waals surface area contributed by atoms with Crippen molar-refractivity contribution in [1.29, 1.82) is 0 Å². The van der Waals surface area contributed by atoms with Crippen molar-refractivity contribution in [2.75, 3.05) is 128 Å². The summed E-state index contributed by atoms with van der Waals surface area (Å²) in [5.74, 6) is -2.78. The molecule has 136 heavy (non-hydrogen) atoms. The van der Waals surface area contributed by atoms with Gasteiger partial charge in [0.05, 0.1) is 82.8 Å². The van der Waals surface area contributed by atoms with Crippen LogP contribution in [0.3, 0.4) is 0 Å². The van der Waals surface area contributed by atoms with Gasteiger partial charge in [0.25, 0.3) is 20.3 Å². The van der Waals surface area contributed by atoms with E-state index in [-0.39, 0.29) is 109 Å². The van der Waals surface area contributed by atoms with Gasteiger partial charge in [-0.2, -0.15) is 0 Å². The van der Waals surface area contributed by atoms with Gasteiger partial charge in [-0.05, 0) is 239 Å². The minimum atomic E-state index is -1.24. The van der Waals surface area contributed by atoms with Crippen molar-refractivity contribution in [3.8, 4) is 0 Å². The summed E-state index contributed by atoms with van der Waals surface area (Å²) in [4.78, 5) is 171. The number of esters is 8. The van der Waals surface area contributed by atoms with Crippen LogP contribution >= 0.6 is 0 Å². The molecule has 7 unspecified atom stereocenters. The lowest BCUT2D eigenvalue weighted by Crippen LogP contribution is -2.42. The normalized spacial score (nSPS) is 12.8. The average molecular weight is 1980 g/mol. The van der Waals surface area contributed by atoms with Crippen molar-refractivity contribution in [3.05, 3.63) is 40.5 Å². The Hall–Kier alpha value is -9.18. The average Bonchev–Trinajstić information content (AvgIpc) is 0.878. The molecule has 0 aliphatic carbocycles.